The number of phenolic OH excluding ortho intramolecular Hbond substituents is 1. The van der Waals surface area contributed by atoms with Crippen molar-refractivity contribution in [3.63, 3.8) is 0 Å². The molecule has 0 saturated heterocycles. The molecule has 0 aliphatic rings. The summed E-state index contributed by atoms with van der Waals surface area (Å²) in [5.74, 6) is 0.0000970. The van der Waals surface area contributed by atoms with Crippen molar-refractivity contribution < 1.29 is 14.7 Å². The smallest absolute Gasteiger partial charge is 0.223 e. The van der Waals surface area contributed by atoms with Crippen molar-refractivity contribution in [1.29, 1.82) is 0 Å². The van der Waals surface area contributed by atoms with Crippen LogP contribution in [0.5, 0.6) is 5.75 Å². The van der Waals surface area contributed by atoms with Crippen molar-refractivity contribution >= 4 is 12.2 Å². The number of aromatic hydroxyl groups is 1. The second-order valence-corrected chi connectivity index (χ2v) is 3.46. The molecule has 0 heterocycles. The van der Waals surface area contributed by atoms with E-state index in [1.165, 1.54) is 0 Å². The van der Waals surface area contributed by atoms with Crippen LogP contribution in [0.3, 0.4) is 0 Å². The third-order valence-electron chi connectivity index (χ3n) is 2.17. The Morgan fingerprint density at radius 2 is 2.06 bits per heavy atom. The summed E-state index contributed by atoms with van der Waals surface area (Å²) in [7, 11) is 0. The summed E-state index contributed by atoms with van der Waals surface area (Å²) >= 11 is 0. The number of hydrogen-bond acceptors (Lipinski definition) is 3. The van der Waals surface area contributed by atoms with Crippen LogP contribution in [0.15, 0.2) is 24.3 Å². The predicted octanol–water partition coefficient (Wildman–Crippen LogP) is 0.939. The van der Waals surface area contributed by atoms with Crippen LogP contribution in [0, 0.1) is 0 Å². The van der Waals surface area contributed by atoms with Crippen LogP contribution >= 0.6 is 0 Å². The number of rotatable bonds is 5. The van der Waals surface area contributed by atoms with Gasteiger partial charge in [0, 0.05) is 12.8 Å². The number of nitrogens with one attached hydrogen (secondary N) is 1. The SMILES string of the molecule is CCC(=O)N[C@H]([C]=O)Cc1ccc(O)cc1. The molecule has 0 aliphatic carbocycles. The molecule has 0 fully saturated rings. The van der Waals surface area contributed by atoms with Gasteiger partial charge in [0.2, 0.25) is 12.2 Å². The zero-order chi connectivity index (χ0) is 12.0. The summed E-state index contributed by atoms with van der Waals surface area (Å²) in [6, 6.07) is 5.87. The van der Waals surface area contributed by atoms with Crippen molar-refractivity contribution in [2.24, 2.45) is 0 Å². The lowest BCUT2D eigenvalue weighted by atomic mass is 10.1. The van der Waals surface area contributed by atoms with Crippen LogP contribution in [-0.2, 0) is 16.0 Å². The Balaban J connectivity index is 2.59. The molecule has 0 spiro atoms. The van der Waals surface area contributed by atoms with Crippen LogP contribution in [0.4, 0.5) is 0 Å². The van der Waals surface area contributed by atoms with E-state index in [0.717, 1.165) is 5.56 Å². The summed E-state index contributed by atoms with van der Waals surface area (Å²) in [4.78, 5) is 21.7. The van der Waals surface area contributed by atoms with E-state index in [1.807, 2.05) is 0 Å². The molecule has 0 unspecified atom stereocenters. The van der Waals surface area contributed by atoms with E-state index in [1.54, 1.807) is 37.5 Å². The van der Waals surface area contributed by atoms with Gasteiger partial charge in [0.25, 0.3) is 0 Å². The summed E-state index contributed by atoms with van der Waals surface area (Å²) in [6.45, 7) is 1.72. The maximum atomic E-state index is 11.1. The number of hydrogen-bond donors (Lipinski definition) is 2. The van der Waals surface area contributed by atoms with Gasteiger partial charge >= 0.3 is 0 Å². The van der Waals surface area contributed by atoms with Gasteiger partial charge in [-0.3, -0.25) is 9.59 Å². The molecule has 85 valence electrons. The van der Waals surface area contributed by atoms with Crippen molar-refractivity contribution in [3.05, 3.63) is 29.8 Å². The lowest BCUT2D eigenvalue weighted by Crippen LogP contribution is -2.37. The highest BCUT2D eigenvalue weighted by molar-refractivity contribution is 5.79. The molecule has 1 amide bonds. The van der Waals surface area contributed by atoms with Crippen LogP contribution in [0.1, 0.15) is 18.9 Å². The van der Waals surface area contributed by atoms with Gasteiger partial charge in [-0.1, -0.05) is 19.1 Å². The molecule has 4 nitrogen and oxygen atoms in total. The standard InChI is InChI=1S/C12H14NO3/c1-2-12(16)13-10(8-14)7-9-3-5-11(15)6-4-9/h3-6,10,15H,2,7H2,1H3,(H,13,16)/t10-/m0/s1. The van der Waals surface area contributed by atoms with Gasteiger partial charge in [0.05, 0.1) is 6.04 Å². The Morgan fingerprint density at radius 3 is 2.56 bits per heavy atom. The Kier molecular flexibility index (Phi) is 4.51. The molecule has 16 heavy (non-hydrogen) atoms. The van der Waals surface area contributed by atoms with E-state index in [9.17, 15) is 9.59 Å². The average Bonchev–Trinajstić information content (AvgIpc) is 2.30. The van der Waals surface area contributed by atoms with E-state index in [4.69, 9.17) is 5.11 Å². The summed E-state index contributed by atoms with van der Waals surface area (Å²) in [5.41, 5.74) is 0.863. The summed E-state index contributed by atoms with van der Waals surface area (Å²) < 4.78 is 0. The number of carbonyl (C=O) groups excluding carboxylic acids is 2. The molecule has 2 N–H and O–H groups in total. The summed E-state index contributed by atoms with van der Waals surface area (Å²) in [6.07, 6.45) is 2.51. The second kappa shape index (κ2) is 5.90. The normalized spacial score (nSPS) is 11.8. The molecule has 1 aromatic rings. The van der Waals surface area contributed by atoms with Crippen LogP contribution in [0.2, 0.25) is 0 Å². The monoisotopic (exact) mass is 220 g/mol. The molecule has 1 rings (SSSR count). The van der Waals surface area contributed by atoms with E-state index in [2.05, 4.69) is 5.32 Å². The third kappa shape index (κ3) is 3.73. The second-order valence-electron chi connectivity index (χ2n) is 3.46. The molecule has 0 aromatic heterocycles. The predicted molar refractivity (Wildman–Crippen MR) is 59.7 cm³/mol. The van der Waals surface area contributed by atoms with Gasteiger partial charge in [-0.25, -0.2) is 0 Å². The molecule has 0 saturated carbocycles. The minimum atomic E-state index is -0.628. The lowest BCUT2D eigenvalue weighted by Gasteiger charge is -2.11. The van der Waals surface area contributed by atoms with Crippen molar-refractivity contribution in [3.8, 4) is 5.75 Å². The van der Waals surface area contributed by atoms with E-state index >= 15 is 0 Å². The lowest BCUT2D eigenvalue weighted by molar-refractivity contribution is -0.121. The fourth-order valence-corrected chi connectivity index (χ4v) is 1.29. The first-order valence-corrected chi connectivity index (χ1v) is 5.10. The number of phenols is 1. The number of carbonyl (C=O) groups is 1. The zero-order valence-electron chi connectivity index (χ0n) is 9.06. The van der Waals surface area contributed by atoms with Crippen molar-refractivity contribution in [1.82, 2.24) is 5.32 Å². The van der Waals surface area contributed by atoms with Crippen molar-refractivity contribution in [2.75, 3.05) is 0 Å². The molecule has 1 atom stereocenters. The van der Waals surface area contributed by atoms with E-state index in [-0.39, 0.29) is 11.7 Å². The summed E-state index contributed by atoms with van der Waals surface area (Å²) in [5, 5.41) is 11.6. The van der Waals surface area contributed by atoms with Gasteiger partial charge < -0.3 is 10.4 Å². The molecule has 1 aromatic carbocycles. The molecule has 4 heteroatoms. The van der Waals surface area contributed by atoms with Gasteiger partial charge in [0.15, 0.2) is 0 Å². The number of benzene rings is 1. The fraction of sp³-hybridized carbons (Fsp3) is 0.333. The minimum absolute atomic E-state index is 0.174. The first-order valence-electron chi connectivity index (χ1n) is 5.10. The van der Waals surface area contributed by atoms with Crippen LogP contribution in [-0.4, -0.2) is 23.3 Å². The van der Waals surface area contributed by atoms with Gasteiger partial charge in [0.1, 0.15) is 5.75 Å². The van der Waals surface area contributed by atoms with Gasteiger partial charge in [-0.05, 0) is 17.7 Å². The fourth-order valence-electron chi connectivity index (χ4n) is 1.29. The highest BCUT2D eigenvalue weighted by Gasteiger charge is 2.11. The Morgan fingerprint density at radius 1 is 1.44 bits per heavy atom. The highest BCUT2D eigenvalue weighted by Crippen LogP contribution is 2.10. The first-order chi connectivity index (χ1) is 7.65. The highest BCUT2D eigenvalue weighted by atomic mass is 16.3. The van der Waals surface area contributed by atoms with Crippen LogP contribution < -0.4 is 5.32 Å². The quantitative estimate of drug-likeness (QED) is 0.776. The third-order valence-corrected chi connectivity index (χ3v) is 2.17. The Hall–Kier alpha value is -1.84. The van der Waals surface area contributed by atoms with Crippen LogP contribution in [0.25, 0.3) is 0 Å². The molecule has 1 radical (unpaired) electrons. The molecular formula is C12H14NO3. The maximum absolute atomic E-state index is 11.1. The molecule has 0 aliphatic heterocycles. The van der Waals surface area contributed by atoms with E-state index in [0.29, 0.717) is 12.8 Å². The molecule has 0 bridgehead atoms. The average molecular weight is 220 g/mol. The maximum Gasteiger partial charge on any atom is 0.223 e. The van der Waals surface area contributed by atoms with Gasteiger partial charge in [-0.2, -0.15) is 0 Å². The number of amides is 1. The minimum Gasteiger partial charge on any atom is -0.508 e. The Labute approximate surface area is 94.3 Å². The van der Waals surface area contributed by atoms with Gasteiger partial charge in [-0.15, -0.1) is 0 Å². The van der Waals surface area contributed by atoms with E-state index < -0.39 is 6.04 Å². The van der Waals surface area contributed by atoms with Crippen molar-refractivity contribution in [2.45, 2.75) is 25.8 Å². The zero-order valence-corrected chi connectivity index (χ0v) is 9.06. The largest absolute Gasteiger partial charge is 0.508 e. The Bertz CT molecular complexity index is 359. The first kappa shape index (κ1) is 12.2. The molecular weight excluding hydrogens is 206 g/mol. The topological polar surface area (TPSA) is 66.4 Å².